The van der Waals surface area contributed by atoms with Gasteiger partial charge >= 0.3 is 11.7 Å². The molecule has 3 rings (SSSR count). The number of rotatable bonds is 7. The molecule has 2 aromatic carbocycles. The second-order valence-electron chi connectivity index (χ2n) is 5.95. The molecule has 0 saturated carbocycles. The van der Waals surface area contributed by atoms with E-state index in [0.717, 1.165) is 10.9 Å². The van der Waals surface area contributed by atoms with E-state index in [1.807, 2.05) is 6.07 Å². The molecule has 146 valence electrons. The van der Waals surface area contributed by atoms with Crippen molar-refractivity contribution in [3.05, 3.63) is 63.6 Å². The van der Waals surface area contributed by atoms with Crippen molar-refractivity contribution >= 4 is 28.2 Å². The van der Waals surface area contributed by atoms with Crippen LogP contribution in [0.3, 0.4) is 0 Å². The number of aromatic nitrogens is 1. The standard InChI is InChI=1S/C19H18FN3O5/c1-27-18-15(23(25)26)7-6-14(16(18)20)21-9-8-11-10-22-17-12(11)4-3-5-13(17)19(24)28-2/h3-7,10,21-22H,8-9H2,1-2H3. The lowest BCUT2D eigenvalue weighted by atomic mass is 10.1. The van der Waals surface area contributed by atoms with E-state index < -0.39 is 28.1 Å². The van der Waals surface area contributed by atoms with Gasteiger partial charge in [-0.25, -0.2) is 9.18 Å². The number of nitrogens with one attached hydrogen (secondary N) is 2. The summed E-state index contributed by atoms with van der Waals surface area (Å²) >= 11 is 0. The minimum atomic E-state index is -0.816. The lowest BCUT2D eigenvalue weighted by Gasteiger charge is -2.10. The number of carbonyl (C=O) groups is 1. The van der Waals surface area contributed by atoms with E-state index in [4.69, 9.17) is 9.47 Å². The zero-order valence-electron chi connectivity index (χ0n) is 15.2. The van der Waals surface area contributed by atoms with Gasteiger partial charge in [0.15, 0.2) is 5.82 Å². The molecule has 9 heteroatoms. The number of hydrogen-bond donors (Lipinski definition) is 2. The summed E-state index contributed by atoms with van der Waals surface area (Å²) in [5, 5.41) is 14.7. The van der Waals surface area contributed by atoms with Gasteiger partial charge in [0, 0.05) is 24.2 Å². The fourth-order valence-corrected chi connectivity index (χ4v) is 3.05. The minimum absolute atomic E-state index is 0.109. The summed E-state index contributed by atoms with van der Waals surface area (Å²) in [5.74, 6) is -1.66. The Balaban J connectivity index is 1.77. The number of nitrogens with zero attached hydrogens (tertiary/aromatic N) is 1. The molecule has 0 aliphatic heterocycles. The smallest absolute Gasteiger partial charge is 0.339 e. The van der Waals surface area contributed by atoms with E-state index in [-0.39, 0.29) is 5.69 Å². The summed E-state index contributed by atoms with van der Waals surface area (Å²) in [4.78, 5) is 25.2. The minimum Gasteiger partial charge on any atom is -0.488 e. The van der Waals surface area contributed by atoms with E-state index >= 15 is 0 Å². The van der Waals surface area contributed by atoms with E-state index in [0.29, 0.717) is 24.0 Å². The number of nitro benzene ring substituents is 1. The summed E-state index contributed by atoms with van der Waals surface area (Å²) in [7, 11) is 2.50. The van der Waals surface area contributed by atoms with Crippen LogP contribution in [0.4, 0.5) is 15.8 Å². The van der Waals surface area contributed by atoms with Gasteiger partial charge < -0.3 is 19.8 Å². The second kappa shape index (κ2) is 7.95. The maximum absolute atomic E-state index is 14.4. The van der Waals surface area contributed by atoms with E-state index in [1.54, 1.807) is 18.3 Å². The predicted octanol–water partition coefficient (Wildman–Crippen LogP) is 3.67. The Morgan fingerprint density at radius 1 is 1.29 bits per heavy atom. The zero-order chi connectivity index (χ0) is 20.3. The van der Waals surface area contributed by atoms with Crippen molar-refractivity contribution in [1.82, 2.24) is 4.98 Å². The van der Waals surface area contributed by atoms with E-state index in [9.17, 15) is 19.3 Å². The lowest BCUT2D eigenvalue weighted by Crippen LogP contribution is -2.08. The van der Waals surface area contributed by atoms with Gasteiger partial charge in [-0.15, -0.1) is 0 Å². The molecule has 0 unspecified atom stereocenters. The van der Waals surface area contributed by atoms with Gasteiger partial charge in [-0.1, -0.05) is 12.1 Å². The van der Waals surface area contributed by atoms with Crippen LogP contribution < -0.4 is 10.1 Å². The Morgan fingerprint density at radius 2 is 2.07 bits per heavy atom. The predicted molar refractivity (Wildman–Crippen MR) is 101 cm³/mol. The van der Waals surface area contributed by atoms with Crippen molar-refractivity contribution in [3.8, 4) is 5.75 Å². The van der Waals surface area contributed by atoms with Crippen molar-refractivity contribution in [3.63, 3.8) is 0 Å². The van der Waals surface area contributed by atoms with Crippen LogP contribution in [-0.4, -0.2) is 36.6 Å². The molecular formula is C19H18FN3O5. The first kappa shape index (κ1) is 19.2. The molecular weight excluding hydrogens is 369 g/mol. The molecule has 0 radical (unpaired) electrons. The van der Waals surface area contributed by atoms with Crippen molar-refractivity contribution in [2.45, 2.75) is 6.42 Å². The summed E-state index contributed by atoms with van der Waals surface area (Å²) < 4.78 is 24.1. The van der Waals surface area contributed by atoms with Gasteiger partial charge in [0.05, 0.1) is 35.9 Å². The second-order valence-corrected chi connectivity index (χ2v) is 5.95. The highest BCUT2D eigenvalue weighted by Crippen LogP contribution is 2.34. The summed E-state index contributed by atoms with van der Waals surface area (Å²) in [6.45, 7) is 0.368. The molecule has 8 nitrogen and oxygen atoms in total. The first-order valence-electron chi connectivity index (χ1n) is 8.40. The Kier molecular flexibility index (Phi) is 5.44. The molecule has 2 N–H and O–H groups in total. The van der Waals surface area contributed by atoms with Crippen molar-refractivity contribution in [2.24, 2.45) is 0 Å². The van der Waals surface area contributed by atoms with Crippen LogP contribution in [0.1, 0.15) is 15.9 Å². The van der Waals surface area contributed by atoms with Gasteiger partial charge in [0.1, 0.15) is 0 Å². The third-order valence-corrected chi connectivity index (χ3v) is 4.39. The van der Waals surface area contributed by atoms with Crippen LogP contribution in [0.15, 0.2) is 36.5 Å². The zero-order valence-corrected chi connectivity index (χ0v) is 15.2. The largest absolute Gasteiger partial charge is 0.488 e. The number of benzene rings is 2. The number of esters is 1. The fraction of sp³-hybridized carbons (Fsp3) is 0.211. The van der Waals surface area contributed by atoms with Crippen LogP contribution in [0.2, 0.25) is 0 Å². The number of anilines is 1. The number of nitro groups is 1. The number of halogens is 1. The van der Waals surface area contributed by atoms with Gasteiger partial charge in [-0.2, -0.15) is 0 Å². The molecule has 1 aromatic heterocycles. The molecule has 0 spiro atoms. The first-order chi connectivity index (χ1) is 13.5. The third-order valence-electron chi connectivity index (χ3n) is 4.39. The van der Waals surface area contributed by atoms with Gasteiger partial charge in [0.25, 0.3) is 0 Å². The summed E-state index contributed by atoms with van der Waals surface area (Å²) in [6.07, 6.45) is 2.31. The quantitative estimate of drug-likeness (QED) is 0.364. The number of methoxy groups -OCH3 is 2. The molecule has 28 heavy (non-hydrogen) atoms. The SMILES string of the molecule is COC(=O)c1cccc2c(CCNc3ccc([N+](=O)[O-])c(OC)c3F)c[nH]c12. The molecule has 3 aromatic rings. The number of ether oxygens (including phenoxy) is 2. The average Bonchev–Trinajstić information content (AvgIpc) is 3.11. The maximum Gasteiger partial charge on any atom is 0.339 e. The fourth-order valence-electron chi connectivity index (χ4n) is 3.05. The van der Waals surface area contributed by atoms with Crippen molar-refractivity contribution in [2.75, 3.05) is 26.1 Å². The number of para-hydroxylation sites is 1. The van der Waals surface area contributed by atoms with Crippen molar-refractivity contribution < 1.29 is 23.6 Å². The van der Waals surface area contributed by atoms with E-state index in [1.165, 1.54) is 26.4 Å². The van der Waals surface area contributed by atoms with E-state index in [2.05, 4.69) is 10.3 Å². The van der Waals surface area contributed by atoms with Gasteiger partial charge in [-0.3, -0.25) is 10.1 Å². The molecule has 0 aliphatic rings. The van der Waals surface area contributed by atoms with Gasteiger partial charge in [0.2, 0.25) is 5.75 Å². The highest BCUT2D eigenvalue weighted by molar-refractivity contribution is 6.03. The van der Waals surface area contributed by atoms with Crippen molar-refractivity contribution in [1.29, 1.82) is 0 Å². The number of fused-ring (bicyclic) bond motifs is 1. The molecule has 0 fully saturated rings. The first-order valence-corrected chi connectivity index (χ1v) is 8.40. The van der Waals surface area contributed by atoms with Crippen LogP contribution in [0, 0.1) is 15.9 Å². The molecule has 0 amide bonds. The third kappa shape index (κ3) is 3.46. The van der Waals surface area contributed by atoms with Crippen LogP contribution in [0.25, 0.3) is 10.9 Å². The Hall–Kier alpha value is -3.62. The summed E-state index contributed by atoms with van der Waals surface area (Å²) in [5.41, 5.74) is 1.72. The molecule has 0 saturated heterocycles. The number of H-pyrrole nitrogens is 1. The number of carbonyl (C=O) groups excluding carboxylic acids is 1. The highest BCUT2D eigenvalue weighted by atomic mass is 19.1. The molecule has 0 atom stereocenters. The number of aromatic amines is 1. The monoisotopic (exact) mass is 387 g/mol. The maximum atomic E-state index is 14.4. The lowest BCUT2D eigenvalue weighted by molar-refractivity contribution is -0.386. The Morgan fingerprint density at radius 3 is 2.75 bits per heavy atom. The molecule has 1 heterocycles. The molecule has 0 aliphatic carbocycles. The highest BCUT2D eigenvalue weighted by Gasteiger charge is 2.22. The Labute approximate surface area is 159 Å². The van der Waals surface area contributed by atoms with Gasteiger partial charge in [-0.05, 0) is 24.1 Å². The summed E-state index contributed by atoms with van der Waals surface area (Å²) in [6, 6.07) is 7.81. The Bertz CT molecular complexity index is 1050. The van der Waals surface area contributed by atoms with Crippen LogP contribution in [-0.2, 0) is 11.2 Å². The average molecular weight is 387 g/mol. The topological polar surface area (TPSA) is 106 Å². The van der Waals surface area contributed by atoms with Crippen LogP contribution in [0.5, 0.6) is 5.75 Å². The van der Waals surface area contributed by atoms with Crippen LogP contribution >= 0.6 is 0 Å². The molecule has 0 bridgehead atoms. The number of hydrogen-bond acceptors (Lipinski definition) is 6. The normalized spacial score (nSPS) is 10.7.